The Balaban J connectivity index is 1.95. The minimum Gasteiger partial charge on any atom is -0.481 e. The first-order valence-electron chi connectivity index (χ1n) is 7.55. The van der Waals surface area contributed by atoms with E-state index in [2.05, 4.69) is 10.1 Å². The van der Waals surface area contributed by atoms with Crippen LogP contribution in [0, 0.1) is 5.41 Å². The van der Waals surface area contributed by atoms with Gasteiger partial charge in [0.1, 0.15) is 5.75 Å². The maximum Gasteiger partial charge on any atom is 0.573 e. The molecule has 8 heteroatoms. The van der Waals surface area contributed by atoms with Crippen LogP contribution in [0.2, 0.25) is 0 Å². The summed E-state index contributed by atoms with van der Waals surface area (Å²) in [5, 5.41) is 11.6. The summed E-state index contributed by atoms with van der Waals surface area (Å²) in [6.45, 7) is 0. The molecule has 0 bridgehead atoms. The summed E-state index contributed by atoms with van der Waals surface area (Å²) in [5.74, 6) is -1.65. The minimum atomic E-state index is -4.77. The number of nitrogens with one attached hydrogen (secondary N) is 1. The fourth-order valence-corrected chi connectivity index (χ4v) is 3.15. The number of carbonyl (C=O) groups excluding carboxylic acids is 1. The van der Waals surface area contributed by atoms with Gasteiger partial charge in [0.05, 0.1) is 6.42 Å². The lowest BCUT2D eigenvalue weighted by Gasteiger charge is -2.26. The summed E-state index contributed by atoms with van der Waals surface area (Å²) < 4.78 is 40.0. The molecule has 0 unspecified atom stereocenters. The molecular formula is C16H18F3NO4. The third-order valence-corrected chi connectivity index (χ3v) is 4.10. The van der Waals surface area contributed by atoms with E-state index in [4.69, 9.17) is 5.11 Å². The number of aliphatic carboxylic acids is 1. The summed E-state index contributed by atoms with van der Waals surface area (Å²) in [6.07, 6.45) is -1.58. The lowest BCUT2D eigenvalue weighted by atomic mass is 9.79. The van der Waals surface area contributed by atoms with E-state index in [1.54, 1.807) is 0 Å². The molecule has 0 spiro atoms. The van der Waals surface area contributed by atoms with Crippen LogP contribution in [0.15, 0.2) is 24.3 Å². The average Bonchev–Trinajstić information content (AvgIpc) is 2.86. The molecule has 0 atom stereocenters. The number of carboxylic acid groups (broad SMARTS) is 1. The van der Waals surface area contributed by atoms with Crippen molar-refractivity contribution in [2.24, 2.45) is 5.41 Å². The minimum absolute atomic E-state index is 0.0568. The highest BCUT2D eigenvalue weighted by Crippen LogP contribution is 2.44. The van der Waals surface area contributed by atoms with Gasteiger partial charge < -0.3 is 15.2 Å². The number of benzene rings is 1. The standard InChI is InChI=1S/C16H18F3NO4/c17-16(18,19)24-12-5-3-11(4-6-12)20-13(21)9-15(10-14(22)23)7-1-2-8-15/h3-6H,1-2,7-10H2,(H,20,21)(H,22,23). The van der Waals surface area contributed by atoms with Crippen LogP contribution in [0.3, 0.4) is 0 Å². The molecule has 1 aliphatic carbocycles. The highest BCUT2D eigenvalue weighted by Gasteiger charge is 2.38. The third-order valence-electron chi connectivity index (χ3n) is 4.10. The van der Waals surface area contributed by atoms with Crippen molar-refractivity contribution in [1.82, 2.24) is 0 Å². The Bertz CT molecular complexity index is 592. The van der Waals surface area contributed by atoms with Crippen LogP contribution >= 0.6 is 0 Å². The van der Waals surface area contributed by atoms with Crippen molar-refractivity contribution in [3.63, 3.8) is 0 Å². The smallest absolute Gasteiger partial charge is 0.481 e. The summed E-state index contributed by atoms with van der Waals surface area (Å²) in [7, 11) is 0. The Morgan fingerprint density at radius 3 is 2.21 bits per heavy atom. The molecule has 1 aromatic carbocycles. The Kier molecular flexibility index (Phi) is 5.36. The van der Waals surface area contributed by atoms with Gasteiger partial charge in [0.2, 0.25) is 5.91 Å². The molecule has 1 fully saturated rings. The molecule has 0 saturated heterocycles. The van der Waals surface area contributed by atoms with Gasteiger partial charge in [0.15, 0.2) is 0 Å². The number of anilines is 1. The monoisotopic (exact) mass is 345 g/mol. The average molecular weight is 345 g/mol. The van der Waals surface area contributed by atoms with Crippen molar-refractivity contribution in [1.29, 1.82) is 0 Å². The summed E-state index contributed by atoms with van der Waals surface area (Å²) in [4.78, 5) is 23.2. The first-order valence-corrected chi connectivity index (χ1v) is 7.55. The molecule has 1 aromatic rings. The molecule has 2 rings (SSSR count). The molecule has 0 heterocycles. The molecule has 132 valence electrons. The molecule has 0 aliphatic heterocycles. The van der Waals surface area contributed by atoms with Gasteiger partial charge in [0, 0.05) is 12.1 Å². The van der Waals surface area contributed by atoms with Crippen molar-refractivity contribution in [2.75, 3.05) is 5.32 Å². The second kappa shape index (κ2) is 7.11. The van der Waals surface area contributed by atoms with E-state index in [0.717, 1.165) is 25.0 Å². The van der Waals surface area contributed by atoms with E-state index in [1.807, 2.05) is 0 Å². The van der Waals surface area contributed by atoms with E-state index >= 15 is 0 Å². The Morgan fingerprint density at radius 2 is 1.71 bits per heavy atom. The zero-order chi connectivity index (χ0) is 17.8. The topological polar surface area (TPSA) is 75.6 Å². The van der Waals surface area contributed by atoms with Crippen molar-refractivity contribution in [3.8, 4) is 5.75 Å². The van der Waals surface area contributed by atoms with Crippen LogP contribution in [-0.2, 0) is 9.59 Å². The zero-order valence-electron chi connectivity index (χ0n) is 12.9. The first kappa shape index (κ1) is 18.1. The van der Waals surface area contributed by atoms with Crippen molar-refractivity contribution in [2.45, 2.75) is 44.9 Å². The van der Waals surface area contributed by atoms with Gasteiger partial charge in [0.25, 0.3) is 0 Å². The van der Waals surface area contributed by atoms with Crippen LogP contribution in [0.25, 0.3) is 0 Å². The number of hydrogen-bond acceptors (Lipinski definition) is 3. The number of halogens is 3. The Morgan fingerprint density at radius 1 is 1.12 bits per heavy atom. The molecule has 0 aromatic heterocycles. The van der Waals surface area contributed by atoms with Crippen LogP contribution in [-0.4, -0.2) is 23.3 Å². The summed E-state index contributed by atoms with van der Waals surface area (Å²) >= 11 is 0. The molecule has 2 N–H and O–H groups in total. The summed E-state index contributed by atoms with van der Waals surface area (Å²) in [6, 6.07) is 4.81. The van der Waals surface area contributed by atoms with Gasteiger partial charge in [-0.1, -0.05) is 12.8 Å². The second-order valence-electron chi connectivity index (χ2n) is 6.07. The van der Waals surface area contributed by atoms with Gasteiger partial charge in [-0.3, -0.25) is 9.59 Å². The van der Waals surface area contributed by atoms with E-state index in [0.29, 0.717) is 18.5 Å². The lowest BCUT2D eigenvalue weighted by Crippen LogP contribution is -2.27. The summed E-state index contributed by atoms with van der Waals surface area (Å²) in [5.41, 5.74) is -0.201. The Labute approximate surface area is 136 Å². The fourth-order valence-electron chi connectivity index (χ4n) is 3.15. The predicted octanol–water partition coefficient (Wildman–Crippen LogP) is 3.95. The van der Waals surface area contributed by atoms with Gasteiger partial charge in [-0.25, -0.2) is 0 Å². The third kappa shape index (κ3) is 5.43. The lowest BCUT2D eigenvalue weighted by molar-refractivity contribution is -0.274. The fraction of sp³-hybridized carbons (Fsp3) is 0.500. The highest BCUT2D eigenvalue weighted by atomic mass is 19.4. The predicted molar refractivity (Wildman–Crippen MR) is 79.5 cm³/mol. The number of amides is 1. The number of ether oxygens (including phenoxy) is 1. The van der Waals surface area contributed by atoms with E-state index < -0.39 is 17.7 Å². The molecule has 0 radical (unpaired) electrons. The second-order valence-corrected chi connectivity index (χ2v) is 6.07. The highest BCUT2D eigenvalue weighted by molar-refractivity contribution is 5.91. The zero-order valence-corrected chi connectivity index (χ0v) is 12.9. The molecule has 1 aliphatic rings. The number of rotatable bonds is 6. The number of carbonyl (C=O) groups is 2. The Hall–Kier alpha value is -2.25. The maximum atomic E-state index is 12.2. The SMILES string of the molecule is O=C(O)CC1(CC(=O)Nc2ccc(OC(F)(F)F)cc2)CCCC1. The van der Waals surface area contributed by atoms with E-state index in [1.165, 1.54) is 12.1 Å². The molecule has 24 heavy (non-hydrogen) atoms. The van der Waals surface area contributed by atoms with Crippen LogP contribution in [0.4, 0.5) is 18.9 Å². The number of hydrogen-bond donors (Lipinski definition) is 2. The largest absolute Gasteiger partial charge is 0.573 e. The van der Waals surface area contributed by atoms with Crippen molar-refractivity contribution >= 4 is 17.6 Å². The maximum absolute atomic E-state index is 12.2. The normalized spacial score (nSPS) is 16.6. The molecular weight excluding hydrogens is 327 g/mol. The number of alkyl halides is 3. The van der Waals surface area contributed by atoms with Gasteiger partial charge in [-0.15, -0.1) is 13.2 Å². The van der Waals surface area contributed by atoms with Crippen molar-refractivity contribution in [3.05, 3.63) is 24.3 Å². The molecule has 1 saturated carbocycles. The van der Waals surface area contributed by atoms with Crippen LogP contribution in [0.1, 0.15) is 38.5 Å². The molecule has 5 nitrogen and oxygen atoms in total. The van der Waals surface area contributed by atoms with Gasteiger partial charge in [-0.05, 0) is 42.5 Å². The van der Waals surface area contributed by atoms with E-state index in [9.17, 15) is 22.8 Å². The number of carboxylic acids is 1. The molecule has 1 amide bonds. The van der Waals surface area contributed by atoms with E-state index in [-0.39, 0.29) is 24.5 Å². The van der Waals surface area contributed by atoms with Crippen LogP contribution < -0.4 is 10.1 Å². The van der Waals surface area contributed by atoms with Crippen molar-refractivity contribution < 1.29 is 32.6 Å². The first-order chi connectivity index (χ1) is 11.2. The van der Waals surface area contributed by atoms with Gasteiger partial charge >= 0.3 is 12.3 Å². The van der Waals surface area contributed by atoms with Gasteiger partial charge in [-0.2, -0.15) is 0 Å². The van der Waals surface area contributed by atoms with Crippen LogP contribution in [0.5, 0.6) is 5.75 Å². The quantitative estimate of drug-likeness (QED) is 0.819.